The molecular formula is C51H31N3OS. The summed E-state index contributed by atoms with van der Waals surface area (Å²) >= 11 is 1.85. The molecule has 3 aromatic heterocycles. The summed E-state index contributed by atoms with van der Waals surface area (Å²) in [4.78, 5) is 15.0. The fourth-order valence-corrected chi connectivity index (χ4v) is 8.95. The molecule has 0 fully saturated rings. The van der Waals surface area contributed by atoms with E-state index >= 15 is 0 Å². The highest BCUT2D eigenvalue weighted by Crippen LogP contribution is 2.43. The Balaban J connectivity index is 1.02. The number of benzene rings is 8. The molecule has 0 amide bonds. The lowest BCUT2D eigenvalue weighted by molar-refractivity contribution is 0.669. The summed E-state index contributed by atoms with van der Waals surface area (Å²) in [5, 5.41) is 4.72. The van der Waals surface area contributed by atoms with Crippen LogP contribution in [0.1, 0.15) is 0 Å². The van der Waals surface area contributed by atoms with Crippen molar-refractivity contribution in [3.05, 3.63) is 188 Å². The van der Waals surface area contributed by atoms with Crippen LogP contribution in [-0.2, 0) is 0 Å². The second-order valence-corrected chi connectivity index (χ2v) is 15.1. The fourth-order valence-electron chi connectivity index (χ4n) is 7.78. The molecule has 0 aliphatic rings. The summed E-state index contributed by atoms with van der Waals surface area (Å²) in [6, 6.07) is 65.7. The molecule has 8 aromatic carbocycles. The second kappa shape index (κ2) is 13.3. The van der Waals surface area contributed by atoms with E-state index in [1.165, 1.54) is 31.3 Å². The van der Waals surface area contributed by atoms with Crippen LogP contribution in [0, 0.1) is 0 Å². The first-order chi connectivity index (χ1) is 27.7. The summed E-state index contributed by atoms with van der Waals surface area (Å²) in [7, 11) is 0. The lowest BCUT2D eigenvalue weighted by atomic mass is 9.94. The molecule has 0 spiro atoms. The van der Waals surface area contributed by atoms with Crippen LogP contribution in [0.2, 0.25) is 0 Å². The van der Waals surface area contributed by atoms with E-state index in [4.69, 9.17) is 19.4 Å². The summed E-state index contributed by atoms with van der Waals surface area (Å²) < 4.78 is 9.22. The Bertz CT molecular complexity index is 3240. The van der Waals surface area contributed by atoms with Crippen LogP contribution in [-0.4, -0.2) is 15.0 Å². The number of rotatable bonds is 6. The fraction of sp³-hybridized carbons (Fsp3) is 0. The molecule has 5 heteroatoms. The number of thiophene rings is 1. The van der Waals surface area contributed by atoms with Crippen molar-refractivity contribution in [2.75, 3.05) is 0 Å². The molecule has 0 radical (unpaired) electrons. The minimum absolute atomic E-state index is 0.590. The van der Waals surface area contributed by atoms with Gasteiger partial charge < -0.3 is 4.42 Å². The molecule has 0 saturated heterocycles. The first-order valence-corrected chi connectivity index (χ1v) is 19.5. The quantitative estimate of drug-likeness (QED) is 0.171. The highest BCUT2D eigenvalue weighted by Gasteiger charge is 2.17. The molecule has 3 heterocycles. The van der Waals surface area contributed by atoms with Gasteiger partial charge in [-0.1, -0.05) is 140 Å². The topological polar surface area (TPSA) is 51.8 Å². The van der Waals surface area contributed by atoms with Crippen molar-refractivity contribution in [3.8, 4) is 67.5 Å². The van der Waals surface area contributed by atoms with Gasteiger partial charge in [-0.2, -0.15) is 0 Å². The SMILES string of the molecule is c1ccc(-c2cccc(-c3nc(-c4ccccc4)nc(-c4ccc5c(c4)oc4cc(-c6cc(-c7ccccc7)c7c(c6)sc6ccccc67)ccc45)n3)c2)cc1. The maximum absolute atomic E-state index is 6.65. The van der Waals surface area contributed by atoms with Crippen LogP contribution >= 0.6 is 11.3 Å². The zero-order valence-electron chi connectivity index (χ0n) is 30.1. The first kappa shape index (κ1) is 32.2. The van der Waals surface area contributed by atoms with Crippen LogP contribution in [0.25, 0.3) is 110 Å². The van der Waals surface area contributed by atoms with Gasteiger partial charge in [-0.05, 0) is 81.9 Å². The molecule has 56 heavy (non-hydrogen) atoms. The van der Waals surface area contributed by atoms with E-state index in [0.29, 0.717) is 17.5 Å². The van der Waals surface area contributed by atoms with Gasteiger partial charge in [0.2, 0.25) is 0 Å². The molecule has 0 atom stereocenters. The largest absolute Gasteiger partial charge is 0.456 e. The van der Waals surface area contributed by atoms with Crippen molar-refractivity contribution in [3.63, 3.8) is 0 Å². The van der Waals surface area contributed by atoms with Crippen LogP contribution in [0.3, 0.4) is 0 Å². The number of furan rings is 1. The van der Waals surface area contributed by atoms with Gasteiger partial charge in [0.25, 0.3) is 0 Å². The maximum Gasteiger partial charge on any atom is 0.164 e. The van der Waals surface area contributed by atoms with Crippen LogP contribution in [0.4, 0.5) is 0 Å². The standard InChI is InChI=1S/C51H31N3OS/c1-4-13-32(14-5-1)35-19-12-20-37(27-35)50-52-49(34-17-8-3-9-18-34)53-51(54-50)38-24-26-41-40-25-23-36(29-44(40)55-45(41)30-38)39-28-43(33-15-6-2-7-16-33)48-42-21-10-11-22-46(42)56-47(48)31-39/h1-31H. The Morgan fingerprint density at radius 3 is 1.55 bits per heavy atom. The van der Waals surface area contributed by atoms with Crippen molar-refractivity contribution < 1.29 is 4.42 Å². The van der Waals surface area contributed by atoms with E-state index in [-0.39, 0.29) is 0 Å². The molecule has 11 aromatic rings. The van der Waals surface area contributed by atoms with Gasteiger partial charge in [0.05, 0.1) is 0 Å². The smallest absolute Gasteiger partial charge is 0.164 e. The van der Waals surface area contributed by atoms with Gasteiger partial charge in [-0.15, -0.1) is 11.3 Å². The van der Waals surface area contributed by atoms with E-state index in [2.05, 4.69) is 152 Å². The van der Waals surface area contributed by atoms with Gasteiger partial charge in [0, 0.05) is 47.6 Å². The average Bonchev–Trinajstić information content (AvgIpc) is 3.84. The average molecular weight is 734 g/mol. The van der Waals surface area contributed by atoms with Crippen molar-refractivity contribution >= 4 is 53.4 Å². The van der Waals surface area contributed by atoms with E-state index in [1.54, 1.807) is 0 Å². The predicted octanol–water partition coefficient (Wildman–Crippen LogP) is 14.1. The number of fused-ring (bicyclic) bond motifs is 6. The molecule has 11 rings (SSSR count). The monoisotopic (exact) mass is 733 g/mol. The van der Waals surface area contributed by atoms with Crippen LogP contribution in [0.5, 0.6) is 0 Å². The van der Waals surface area contributed by atoms with Gasteiger partial charge in [-0.25, -0.2) is 15.0 Å². The summed E-state index contributed by atoms with van der Waals surface area (Å²) in [6.07, 6.45) is 0. The molecule has 0 aliphatic heterocycles. The lowest BCUT2D eigenvalue weighted by Gasteiger charge is -2.10. The molecule has 0 unspecified atom stereocenters. The molecule has 0 bridgehead atoms. The van der Waals surface area contributed by atoms with Gasteiger partial charge in [0.1, 0.15) is 11.2 Å². The van der Waals surface area contributed by atoms with E-state index in [0.717, 1.165) is 60.9 Å². The molecule has 4 nitrogen and oxygen atoms in total. The molecule has 262 valence electrons. The number of hydrogen-bond acceptors (Lipinski definition) is 5. The zero-order chi connectivity index (χ0) is 37.0. The van der Waals surface area contributed by atoms with E-state index < -0.39 is 0 Å². The molecule has 0 saturated carbocycles. The number of aromatic nitrogens is 3. The van der Waals surface area contributed by atoms with Crippen molar-refractivity contribution in [1.29, 1.82) is 0 Å². The molecular weight excluding hydrogens is 703 g/mol. The Morgan fingerprint density at radius 2 is 0.839 bits per heavy atom. The van der Waals surface area contributed by atoms with Gasteiger partial charge in [0.15, 0.2) is 17.5 Å². The van der Waals surface area contributed by atoms with Gasteiger partial charge in [-0.3, -0.25) is 0 Å². The summed E-state index contributed by atoms with van der Waals surface area (Å²) in [6.45, 7) is 0. The Kier molecular flexibility index (Phi) is 7.64. The zero-order valence-corrected chi connectivity index (χ0v) is 30.9. The van der Waals surface area contributed by atoms with Crippen molar-refractivity contribution in [2.24, 2.45) is 0 Å². The minimum atomic E-state index is 0.590. The molecule has 0 aliphatic carbocycles. The third-order valence-electron chi connectivity index (χ3n) is 10.5. The number of nitrogens with zero attached hydrogens (tertiary/aromatic N) is 3. The van der Waals surface area contributed by atoms with Crippen LogP contribution in [0.15, 0.2) is 192 Å². The third-order valence-corrected chi connectivity index (χ3v) is 11.6. The van der Waals surface area contributed by atoms with Crippen LogP contribution < -0.4 is 0 Å². The Hall–Kier alpha value is -7.21. The summed E-state index contributed by atoms with van der Waals surface area (Å²) in [5.41, 5.74) is 11.3. The van der Waals surface area contributed by atoms with Crippen molar-refractivity contribution in [2.45, 2.75) is 0 Å². The minimum Gasteiger partial charge on any atom is -0.456 e. The third kappa shape index (κ3) is 5.65. The highest BCUT2D eigenvalue weighted by atomic mass is 32.1. The van der Waals surface area contributed by atoms with E-state index in [9.17, 15) is 0 Å². The Morgan fingerprint density at radius 1 is 0.321 bits per heavy atom. The van der Waals surface area contributed by atoms with Gasteiger partial charge >= 0.3 is 0 Å². The lowest BCUT2D eigenvalue weighted by Crippen LogP contribution is -2.00. The maximum atomic E-state index is 6.65. The summed E-state index contributed by atoms with van der Waals surface area (Å²) in [5.74, 6) is 1.83. The Labute approximate surface area is 327 Å². The highest BCUT2D eigenvalue weighted by molar-refractivity contribution is 7.26. The number of hydrogen-bond donors (Lipinski definition) is 0. The van der Waals surface area contributed by atoms with Crippen molar-refractivity contribution in [1.82, 2.24) is 15.0 Å². The first-order valence-electron chi connectivity index (χ1n) is 18.7. The predicted molar refractivity (Wildman–Crippen MR) is 233 cm³/mol. The van der Waals surface area contributed by atoms with E-state index in [1.807, 2.05) is 47.7 Å². The normalized spacial score (nSPS) is 11.6. The molecule has 0 N–H and O–H groups in total. The second-order valence-electron chi connectivity index (χ2n) is 14.0.